The second-order valence-corrected chi connectivity index (χ2v) is 9.47. The summed E-state index contributed by atoms with van der Waals surface area (Å²) in [7, 11) is 0. The van der Waals surface area contributed by atoms with Crippen LogP contribution in [0, 0.1) is 6.92 Å². The molecule has 5 nitrogen and oxygen atoms in total. The molecule has 0 aliphatic carbocycles. The van der Waals surface area contributed by atoms with Gasteiger partial charge in [0.05, 0.1) is 11.2 Å². The summed E-state index contributed by atoms with van der Waals surface area (Å²) in [6.07, 6.45) is 5.83. The fourth-order valence-corrected chi connectivity index (χ4v) is 4.58. The highest BCUT2D eigenvalue weighted by atomic mass is 16.1. The standard InChI is InChI=1S/C30H38N4O/c1-4-6-18-34(19-7-5-2)20-10-17-31-30(35)27-21-25-24-11-8-9-12-26(24)32-29(25)28(33-27)23-15-13-22(3)14-16-23/h8-9,11-16,21,32H,4-7,10,17-20H2,1-3H3,(H,31,35). The summed E-state index contributed by atoms with van der Waals surface area (Å²) in [6, 6.07) is 18.5. The first-order chi connectivity index (χ1) is 17.1. The molecule has 0 atom stereocenters. The van der Waals surface area contributed by atoms with E-state index in [0.717, 1.165) is 59.1 Å². The lowest BCUT2D eigenvalue weighted by molar-refractivity contribution is 0.0947. The summed E-state index contributed by atoms with van der Waals surface area (Å²) < 4.78 is 0. The van der Waals surface area contributed by atoms with E-state index in [1.807, 2.05) is 18.2 Å². The zero-order valence-electron chi connectivity index (χ0n) is 21.4. The van der Waals surface area contributed by atoms with Crippen LogP contribution in [0.5, 0.6) is 0 Å². The molecule has 35 heavy (non-hydrogen) atoms. The van der Waals surface area contributed by atoms with Crippen LogP contribution >= 0.6 is 0 Å². The van der Waals surface area contributed by atoms with Gasteiger partial charge in [-0.25, -0.2) is 4.98 Å². The van der Waals surface area contributed by atoms with Crippen molar-refractivity contribution in [2.45, 2.75) is 52.9 Å². The van der Waals surface area contributed by atoms with E-state index in [1.54, 1.807) is 0 Å². The number of carbonyl (C=O) groups excluding carboxylic acids is 1. The molecular formula is C30H38N4O. The number of unbranched alkanes of at least 4 members (excludes halogenated alkanes) is 2. The summed E-state index contributed by atoms with van der Waals surface area (Å²) in [5, 5.41) is 5.26. The van der Waals surface area contributed by atoms with Crippen molar-refractivity contribution in [3.63, 3.8) is 0 Å². The number of H-pyrrole nitrogens is 1. The average molecular weight is 471 g/mol. The van der Waals surface area contributed by atoms with E-state index in [2.05, 4.69) is 72.4 Å². The number of amides is 1. The molecule has 5 heteroatoms. The first-order valence-corrected chi connectivity index (χ1v) is 13.1. The molecule has 0 unspecified atom stereocenters. The van der Waals surface area contributed by atoms with E-state index in [1.165, 1.54) is 31.2 Å². The predicted molar refractivity (Wildman–Crippen MR) is 147 cm³/mol. The van der Waals surface area contributed by atoms with E-state index >= 15 is 0 Å². The van der Waals surface area contributed by atoms with Crippen LogP contribution in [-0.4, -0.2) is 47.0 Å². The van der Waals surface area contributed by atoms with Gasteiger partial charge in [0.25, 0.3) is 5.91 Å². The van der Waals surface area contributed by atoms with Crippen molar-refractivity contribution in [3.8, 4) is 11.3 Å². The quantitative estimate of drug-likeness (QED) is 0.226. The zero-order valence-corrected chi connectivity index (χ0v) is 21.4. The number of nitrogens with zero attached hydrogens (tertiary/aromatic N) is 2. The van der Waals surface area contributed by atoms with Gasteiger partial charge in [-0.2, -0.15) is 0 Å². The molecule has 1 amide bonds. The van der Waals surface area contributed by atoms with E-state index in [9.17, 15) is 4.79 Å². The molecule has 4 rings (SSSR count). The van der Waals surface area contributed by atoms with Crippen molar-refractivity contribution in [2.75, 3.05) is 26.2 Å². The third-order valence-corrected chi connectivity index (χ3v) is 6.65. The first-order valence-electron chi connectivity index (χ1n) is 13.1. The van der Waals surface area contributed by atoms with E-state index in [-0.39, 0.29) is 5.91 Å². The fourth-order valence-electron chi connectivity index (χ4n) is 4.58. The van der Waals surface area contributed by atoms with Gasteiger partial charge in [0, 0.05) is 28.4 Å². The smallest absolute Gasteiger partial charge is 0.269 e. The number of hydrogen-bond donors (Lipinski definition) is 2. The SMILES string of the molecule is CCCCN(CCCC)CCCNC(=O)c1cc2c([nH]c3ccccc32)c(-c2ccc(C)cc2)n1. The number of benzene rings is 2. The van der Waals surface area contributed by atoms with Crippen molar-refractivity contribution in [3.05, 3.63) is 65.9 Å². The monoisotopic (exact) mass is 470 g/mol. The minimum absolute atomic E-state index is 0.112. The minimum Gasteiger partial charge on any atom is -0.353 e. The summed E-state index contributed by atoms with van der Waals surface area (Å²) in [4.78, 5) is 24.1. The van der Waals surface area contributed by atoms with Gasteiger partial charge in [-0.05, 0) is 58.0 Å². The van der Waals surface area contributed by atoms with Crippen LogP contribution in [0.2, 0.25) is 0 Å². The Bertz CT molecular complexity index is 1250. The molecule has 0 bridgehead atoms. The van der Waals surface area contributed by atoms with Gasteiger partial charge in [0.15, 0.2) is 0 Å². The van der Waals surface area contributed by atoms with Gasteiger partial charge >= 0.3 is 0 Å². The molecule has 184 valence electrons. The van der Waals surface area contributed by atoms with E-state index in [0.29, 0.717) is 12.2 Å². The number of aromatic nitrogens is 2. The lowest BCUT2D eigenvalue weighted by Gasteiger charge is -2.21. The highest BCUT2D eigenvalue weighted by Crippen LogP contribution is 2.32. The maximum atomic E-state index is 13.2. The Labute approximate surface area is 208 Å². The lowest BCUT2D eigenvalue weighted by Crippen LogP contribution is -2.31. The van der Waals surface area contributed by atoms with Gasteiger partial charge < -0.3 is 15.2 Å². The van der Waals surface area contributed by atoms with Crippen LogP contribution in [0.1, 0.15) is 62.0 Å². The van der Waals surface area contributed by atoms with Gasteiger partial charge in [-0.1, -0.05) is 74.7 Å². The first kappa shape index (κ1) is 24.9. The maximum absolute atomic E-state index is 13.2. The fraction of sp³-hybridized carbons (Fsp3) is 0.400. The molecule has 2 aromatic heterocycles. The molecule has 0 aliphatic heterocycles. The van der Waals surface area contributed by atoms with Crippen molar-refractivity contribution < 1.29 is 4.79 Å². The Kier molecular flexibility index (Phi) is 8.54. The number of rotatable bonds is 12. The van der Waals surface area contributed by atoms with E-state index in [4.69, 9.17) is 4.98 Å². The second kappa shape index (κ2) is 12.0. The summed E-state index contributed by atoms with van der Waals surface area (Å²) in [5.74, 6) is -0.112. The van der Waals surface area contributed by atoms with Crippen molar-refractivity contribution in [2.24, 2.45) is 0 Å². The molecule has 2 aromatic carbocycles. The molecule has 0 aliphatic rings. The third-order valence-electron chi connectivity index (χ3n) is 6.65. The number of fused-ring (bicyclic) bond motifs is 3. The molecule has 2 N–H and O–H groups in total. The van der Waals surface area contributed by atoms with Gasteiger partial charge in [0.1, 0.15) is 5.69 Å². The van der Waals surface area contributed by atoms with Crippen LogP contribution in [-0.2, 0) is 0 Å². The summed E-state index contributed by atoms with van der Waals surface area (Å²) in [5.41, 5.74) is 5.50. The Hall–Kier alpha value is -3.18. The van der Waals surface area contributed by atoms with Crippen molar-refractivity contribution in [1.82, 2.24) is 20.2 Å². The maximum Gasteiger partial charge on any atom is 0.269 e. The normalized spacial score (nSPS) is 11.5. The van der Waals surface area contributed by atoms with Crippen LogP contribution in [0.4, 0.5) is 0 Å². The van der Waals surface area contributed by atoms with Crippen LogP contribution in [0.3, 0.4) is 0 Å². The predicted octanol–water partition coefficient (Wildman–Crippen LogP) is 6.71. The van der Waals surface area contributed by atoms with Crippen molar-refractivity contribution in [1.29, 1.82) is 0 Å². The molecular weight excluding hydrogens is 432 g/mol. The minimum atomic E-state index is -0.112. The zero-order chi connectivity index (χ0) is 24.6. The molecule has 0 spiro atoms. The summed E-state index contributed by atoms with van der Waals surface area (Å²) in [6.45, 7) is 10.5. The highest BCUT2D eigenvalue weighted by molar-refractivity contribution is 6.13. The third kappa shape index (κ3) is 6.09. The number of aromatic amines is 1. The van der Waals surface area contributed by atoms with E-state index < -0.39 is 0 Å². The van der Waals surface area contributed by atoms with Gasteiger partial charge in [-0.3, -0.25) is 4.79 Å². The lowest BCUT2D eigenvalue weighted by atomic mass is 10.1. The number of para-hydroxylation sites is 1. The van der Waals surface area contributed by atoms with Crippen molar-refractivity contribution >= 4 is 27.7 Å². The van der Waals surface area contributed by atoms with Crippen LogP contribution in [0.25, 0.3) is 33.1 Å². The van der Waals surface area contributed by atoms with Crippen LogP contribution < -0.4 is 5.32 Å². The van der Waals surface area contributed by atoms with Gasteiger partial charge in [-0.15, -0.1) is 0 Å². The molecule has 2 heterocycles. The topological polar surface area (TPSA) is 61.0 Å². The largest absolute Gasteiger partial charge is 0.353 e. The molecule has 0 saturated carbocycles. The molecule has 0 saturated heterocycles. The Balaban J connectivity index is 1.54. The molecule has 0 radical (unpaired) electrons. The van der Waals surface area contributed by atoms with Crippen LogP contribution in [0.15, 0.2) is 54.6 Å². The Morgan fingerprint density at radius 1 is 0.914 bits per heavy atom. The average Bonchev–Trinajstić information content (AvgIpc) is 3.26. The highest BCUT2D eigenvalue weighted by Gasteiger charge is 2.17. The number of carbonyl (C=O) groups is 1. The number of pyridine rings is 1. The number of hydrogen-bond acceptors (Lipinski definition) is 3. The second-order valence-electron chi connectivity index (χ2n) is 9.47. The molecule has 0 fully saturated rings. The Morgan fingerprint density at radius 3 is 2.31 bits per heavy atom. The Morgan fingerprint density at radius 2 is 1.60 bits per heavy atom. The number of aryl methyl sites for hydroxylation is 1. The summed E-state index contributed by atoms with van der Waals surface area (Å²) >= 11 is 0. The number of nitrogens with one attached hydrogen (secondary N) is 2. The molecule has 4 aromatic rings. The van der Waals surface area contributed by atoms with Gasteiger partial charge in [0.2, 0.25) is 0 Å².